The van der Waals surface area contributed by atoms with Crippen molar-refractivity contribution in [2.75, 3.05) is 6.61 Å². The van der Waals surface area contributed by atoms with Crippen LogP contribution in [0.1, 0.15) is 90.4 Å². The Kier molecular flexibility index (Phi) is 7.80. The van der Waals surface area contributed by atoms with Crippen molar-refractivity contribution in [3.63, 3.8) is 0 Å². The summed E-state index contributed by atoms with van der Waals surface area (Å²) in [6.07, 6.45) is 13.4. The number of aliphatic hydroxyl groups excluding tert-OH is 2. The number of unbranched alkanes of at least 4 members (excludes halogenated alkanes) is 1. The molecule has 0 bridgehead atoms. The van der Waals surface area contributed by atoms with Crippen molar-refractivity contribution in [2.45, 2.75) is 114 Å². The van der Waals surface area contributed by atoms with E-state index in [-0.39, 0.29) is 6.61 Å². The molecule has 0 saturated heterocycles. The maximum atomic E-state index is 11.3. The van der Waals surface area contributed by atoms with Crippen LogP contribution in [0.25, 0.3) is 0 Å². The first-order chi connectivity index (χ1) is 11.1. The molecule has 3 N–H and O–H groups in total. The third-order valence-corrected chi connectivity index (χ3v) is 5.98. The van der Waals surface area contributed by atoms with Gasteiger partial charge in [0.2, 0.25) is 0 Å². The molecule has 23 heavy (non-hydrogen) atoms. The van der Waals surface area contributed by atoms with Gasteiger partial charge in [0.05, 0.1) is 6.10 Å². The van der Waals surface area contributed by atoms with Gasteiger partial charge in [-0.2, -0.15) is 0 Å². The van der Waals surface area contributed by atoms with Gasteiger partial charge in [0.25, 0.3) is 0 Å². The lowest BCUT2D eigenvalue weighted by atomic mass is 9.85. The van der Waals surface area contributed by atoms with Crippen molar-refractivity contribution in [1.29, 1.82) is 0 Å². The van der Waals surface area contributed by atoms with Gasteiger partial charge in [-0.15, -0.1) is 0 Å². The maximum Gasteiger partial charge on any atom is 0.142 e. The van der Waals surface area contributed by atoms with E-state index in [9.17, 15) is 10.2 Å². The molecule has 0 aromatic carbocycles. The first-order valence-electron chi connectivity index (χ1n) is 9.87. The number of aliphatic hydroxyl groups is 3. The van der Waals surface area contributed by atoms with E-state index in [0.717, 1.165) is 32.1 Å². The molecule has 0 aromatic rings. The highest BCUT2D eigenvalue weighted by Crippen LogP contribution is 2.36. The van der Waals surface area contributed by atoms with Gasteiger partial charge < -0.3 is 15.3 Å². The van der Waals surface area contributed by atoms with Crippen molar-refractivity contribution in [3.05, 3.63) is 0 Å². The Morgan fingerprint density at radius 2 is 1.39 bits per heavy atom. The summed E-state index contributed by atoms with van der Waals surface area (Å²) in [5.41, 5.74) is -1.15. The molecule has 2 aliphatic carbocycles. The van der Waals surface area contributed by atoms with Crippen LogP contribution in [-0.4, -0.2) is 50.7 Å². The fourth-order valence-electron chi connectivity index (χ4n) is 4.65. The zero-order valence-electron chi connectivity index (χ0n) is 14.9. The second kappa shape index (κ2) is 9.36. The lowest BCUT2D eigenvalue weighted by Gasteiger charge is -2.51. The quantitative estimate of drug-likeness (QED) is 0.473. The highest BCUT2D eigenvalue weighted by molar-refractivity contribution is 4.93. The molecular weight excluding hydrogens is 290 g/mol. The van der Waals surface area contributed by atoms with Gasteiger partial charge in [0.1, 0.15) is 5.72 Å². The van der Waals surface area contributed by atoms with Crippen molar-refractivity contribution in [3.8, 4) is 0 Å². The second-order valence-corrected chi connectivity index (χ2v) is 7.82. The molecule has 2 aliphatic rings. The Balaban J connectivity index is 2.09. The van der Waals surface area contributed by atoms with E-state index in [0.29, 0.717) is 24.9 Å². The SMILES string of the molecule is CC(O)(C(O)CCCCO)N(C1CCCCC1)C1CCCCC1. The van der Waals surface area contributed by atoms with Gasteiger partial charge in [-0.25, -0.2) is 0 Å². The lowest BCUT2D eigenvalue weighted by molar-refractivity contribution is -0.205. The van der Waals surface area contributed by atoms with Crippen LogP contribution < -0.4 is 0 Å². The van der Waals surface area contributed by atoms with Gasteiger partial charge in [-0.05, 0) is 51.9 Å². The highest BCUT2D eigenvalue weighted by Gasteiger charge is 2.44. The first-order valence-corrected chi connectivity index (χ1v) is 9.87. The molecule has 0 heterocycles. The molecule has 4 heteroatoms. The molecule has 0 radical (unpaired) electrons. The Hall–Kier alpha value is -0.160. The molecular formula is C19H37NO3. The smallest absolute Gasteiger partial charge is 0.142 e. The van der Waals surface area contributed by atoms with Crippen LogP contribution in [0, 0.1) is 0 Å². The van der Waals surface area contributed by atoms with Crippen molar-refractivity contribution in [1.82, 2.24) is 4.90 Å². The number of nitrogens with zero attached hydrogens (tertiary/aromatic N) is 1. The molecule has 136 valence electrons. The molecule has 4 nitrogen and oxygen atoms in total. The molecule has 2 unspecified atom stereocenters. The minimum absolute atomic E-state index is 0.157. The topological polar surface area (TPSA) is 63.9 Å². The zero-order valence-corrected chi connectivity index (χ0v) is 14.9. The zero-order chi connectivity index (χ0) is 16.7. The largest absolute Gasteiger partial charge is 0.396 e. The summed E-state index contributed by atoms with van der Waals surface area (Å²) in [6.45, 7) is 1.98. The van der Waals surface area contributed by atoms with Crippen LogP contribution in [0.15, 0.2) is 0 Å². The predicted molar refractivity (Wildman–Crippen MR) is 93.2 cm³/mol. The Morgan fingerprint density at radius 3 is 1.83 bits per heavy atom. The molecule has 2 saturated carbocycles. The van der Waals surface area contributed by atoms with Gasteiger partial charge in [-0.1, -0.05) is 38.5 Å². The van der Waals surface area contributed by atoms with Crippen LogP contribution >= 0.6 is 0 Å². The Morgan fingerprint density at radius 1 is 0.913 bits per heavy atom. The number of hydrogen-bond acceptors (Lipinski definition) is 4. The van der Waals surface area contributed by atoms with Gasteiger partial charge >= 0.3 is 0 Å². The summed E-state index contributed by atoms with van der Waals surface area (Å²) in [6, 6.07) is 0.823. The fourth-order valence-corrected chi connectivity index (χ4v) is 4.65. The molecule has 2 fully saturated rings. The molecule has 0 amide bonds. The minimum atomic E-state index is -1.15. The van der Waals surface area contributed by atoms with Crippen LogP contribution in [0.4, 0.5) is 0 Å². The first kappa shape index (κ1) is 19.2. The standard InChI is InChI=1S/C19H37NO3/c1-19(23,18(22)14-8-9-15-21)20(16-10-4-2-5-11-16)17-12-6-3-7-13-17/h16-18,21-23H,2-15H2,1H3. The summed E-state index contributed by atoms with van der Waals surface area (Å²) >= 11 is 0. The minimum Gasteiger partial charge on any atom is -0.396 e. The van der Waals surface area contributed by atoms with Crippen LogP contribution in [0.2, 0.25) is 0 Å². The van der Waals surface area contributed by atoms with E-state index in [1.807, 2.05) is 6.92 Å². The van der Waals surface area contributed by atoms with E-state index < -0.39 is 11.8 Å². The van der Waals surface area contributed by atoms with Gasteiger partial charge in [0, 0.05) is 18.7 Å². The van der Waals surface area contributed by atoms with Crippen LogP contribution in [0.3, 0.4) is 0 Å². The summed E-state index contributed by atoms with van der Waals surface area (Å²) in [4.78, 5) is 2.30. The van der Waals surface area contributed by atoms with Crippen molar-refractivity contribution < 1.29 is 15.3 Å². The van der Waals surface area contributed by atoms with Gasteiger partial charge in [-0.3, -0.25) is 4.90 Å². The highest BCUT2D eigenvalue weighted by atomic mass is 16.4. The van der Waals surface area contributed by atoms with Crippen LogP contribution in [-0.2, 0) is 0 Å². The number of hydrogen-bond donors (Lipinski definition) is 3. The summed E-state index contributed by atoms with van der Waals surface area (Å²) in [7, 11) is 0. The third kappa shape index (κ3) is 5.15. The summed E-state index contributed by atoms with van der Waals surface area (Å²) in [5.74, 6) is 0. The van der Waals surface area contributed by atoms with E-state index in [1.54, 1.807) is 0 Å². The summed E-state index contributed by atoms with van der Waals surface area (Å²) in [5, 5.41) is 30.9. The molecule has 2 rings (SSSR count). The molecule has 2 atom stereocenters. The average molecular weight is 328 g/mol. The molecule has 0 spiro atoms. The normalized spacial score (nSPS) is 25.4. The third-order valence-electron chi connectivity index (χ3n) is 5.98. The Bertz CT molecular complexity index is 305. The molecule has 0 aromatic heterocycles. The van der Waals surface area contributed by atoms with E-state index in [4.69, 9.17) is 5.11 Å². The monoisotopic (exact) mass is 327 g/mol. The van der Waals surface area contributed by atoms with Crippen LogP contribution in [0.5, 0.6) is 0 Å². The maximum absolute atomic E-state index is 11.3. The van der Waals surface area contributed by atoms with E-state index >= 15 is 0 Å². The molecule has 0 aliphatic heterocycles. The summed E-state index contributed by atoms with van der Waals surface area (Å²) < 4.78 is 0. The van der Waals surface area contributed by atoms with Crippen molar-refractivity contribution in [2.24, 2.45) is 0 Å². The van der Waals surface area contributed by atoms with Gasteiger partial charge in [0.15, 0.2) is 0 Å². The number of rotatable bonds is 8. The Labute approximate surface area is 141 Å². The van der Waals surface area contributed by atoms with E-state index in [1.165, 1.54) is 38.5 Å². The van der Waals surface area contributed by atoms with E-state index in [2.05, 4.69) is 4.90 Å². The average Bonchev–Trinajstić information content (AvgIpc) is 2.57. The second-order valence-electron chi connectivity index (χ2n) is 7.82. The van der Waals surface area contributed by atoms with Crippen molar-refractivity contribution >= 4 is 0 Å². The fraction of sp³-hybridized carbons (Fsp3) is 1.00. The predicted octanol–water partition coefficient (Wildman–Crippen LogP) is 3.19. The lowest BCUT2D eigenvalue weighted by Crippen LogP contribution is -2.62.